The smallest absolute Gasteiger partial charge is 0.145 e. The molecule has 0 unspecified atom stereocenters. The van der Waals surface area contributed by atoms with E-state index in [1.807, 2.05) is 0 Å². The number of hydrogen-bond donors (Lipinski definition) is 0. The molecule has 0 aromatic carbocycles. The molecule has 6 heavy (non-hydrogen) atoms. The predicted octanol–water partition coefficient (Wildman–Crippen LogP) is -0.168. The number of carbonyl (C=O) groups excluding carboxylic acids is 1. The minimum absolute atomic E-state index is 0. The Kier molecular flexibility index (Phi) is 15.5. The first kappa shape index (κ1) is 10.0. The van der Waals surface area contributed by atoms with Gasteiger partial charge in [0.2, 0.25) is 0 Å². The molecule has 0 aliphatic rings. The van der Waals surface area contributed by atoms with Crippen LogP contribution in [0.3, 0.4) is 0 Å². The number of hydrogen-bond acceptors (Lipinski definition) is 2. The van der Waals surface area contributed by atoms with Crippen molar-refractivity contribution < 1.29 is 47.7 Å². The summed E-state index contributed by atoms with van der Waals surface area (Å²) in [7, 11) is 1.48. The third-order valence-electron chi connectivity index (χ3n) is 0.235. The van der Waals surface area contributed by atoms with Crippen molar-refractivity contribution in [2.24, 2.45) is 0 Å². The van der Waals surface area contributed by atoms with Gasteiger partial charge in [0.05, 0.1) is 0 Å². The molecule has 0 saturated carbocycles. The van der Waals surface area contributed by atoms with E-state index in [1.165, 1.54) is 7.11 Å². The van der Waals surface area contributed by atoms with Gasteiger partial charge in [-0.2, -0.15) is 0 Å². The van der Waals surface area contributed by atoms with Gasteiger partial charge in [-0.25, -0.2) is 0 Å². The normalized spacial score (nSPS) is 6.17. The molecule has 0 amide bonds. The van der Waals surface area contributed by atoms with Crippen molar-refractivity contribution in [3.63, 3.8) is 0 Å². The van der Waals surface area contributed by atoms with Crippen LogP contribution in [0.5, 0.6) is 0 Å². The van der Waals surface area contributed by atoms with Crippen LogP contribution >= 0.6 is 0 Å². The van der Waals surface area contributed by atoms with Crippen LogP contribution in [0, 0.1) is 38.2 Å². The van der Waals surface area contributed by atoms with Gasteiger partial charge in [0.25, 0.3) is 0 Å². The molecule has 0 saturated heterocycles. The van der Waals surface area contributed by atoms with E-state index in [-0.39, 0.29) is 44.8 Å². The maximum atomic E-state index is 9.28. The fourth-order valence-corrected chi connectivity index (χ4v) is 0.0680. The molecular weight excluding hydrogens is 231 g/mol. The molecule has 0 fully saturated rings. The van der Waals surface area contributed by atoms with Crippen molar-refractivity contribution in [3.05, 3.63) is 0 Å². The van der Waals surface area contributed by atoms with E-state index in [0.717, 1.165) is 0 Å². The van der Waals surface area contributed by atoms with Gasteiger partial charge >= 0.3 is 0 Å². The van der Waals surface area contributed by atoms with Gasteiger partial charge in [0.1, 0.15) is 12.9 Å². The molecule has 0 aliphatic heterocycles. The summed E-state index contributed by atoms with van der Waals surface area (Å²) >= 11 is 0. The first-order chi connectivity index (χ1) is 2.41. The molecule has 0 rings (SSSR count). The molecule has 3 heteroatoms. The van der Waals surface area contributed by atoms with E-state index in [0.29, 0.717) is 6.29 Å². The molecular formula is C3H6DyO2. The van der Waals surface area contributed by atoms with E-state index in [1.54, 1.807) is 0 Å². The maximum Gasteiger partial charge on any atom is 0.145 e. The second-order valence-corrected chi connectivity index (χ2v) is 0.622. The Morgan fingerprint density at radius 1 is 1.83 bits per heavy atom. The largest absolute Gasteiger partial charge is 0.377 e. The summed E-state index contributed by atoms with van der Waals surface area (Å²) in [5, 5.41) is 0. The molecule has 40 valence electrons. The Bertz CT molecular complexity index is 30.0. The van der Waals surface area contributed by atoms with Gasteiger partial charge in [-0.05, 0) is 0 Å². The van der Waals surface area contributed by atoms with Gasteiger partial charge < -0.3 is 9.53 Å². The van der Waals surface area contributed by atoms with Crippen molar-refractivity contribution in [2.45, 2.75) is 0 Å². The first-order valence-electron chi connectivity index (χ1n) is 1.34. The van der Waals surface area contributed by atoms with Crippen LogP contribution in [0.25, 0.3) is 0 Å². The molecule has 0 aromatic heterocycles. The summed E-state index contributed by atoms with van der Waals surface area (Å²) in [4.78, 5) is 9.28. The summed E-state index contributed by atoms with van der Waals surface area (Å²) in [6.07, 6.45) is 0.708. The van der Waals surface area contributed by atoms with Gasteiger partial charge in [0.15, 0.2) is 0 Å². The van der Waals surface area contributed by atoms with Gasteiger partial charge in [-0.1, -0.05) is 0 Å². The predicted molar refractivity (Wildman–Crippen MR) is 17.9 cm³/mol. The van der Waals surface area contributed by atoms with Crippen molar-refractivity contribution in [3.8, 4) is 0 Å². The number of methoxy groups -OCH3 is 1. The first-order valence-corrected chi connectivity index (χ1v) is 1.34. The molecule has 0 N–H and O–H groups in total. The minimum atomic E-state index is 0. The number of rotatable bonds is 2. The Labute approximate surface area is 67.3 Å². The summed E-state index contributed by atoms with van der Waals surface area (Å²) in [6.45, 7) is 0.208. The van der Waals surface area contributed by atoms with Crippen LogP contribution in [0.4, 0.5) is 0 Å². The summed E-state index contributed by atoms with van der Waals surface area (Å²) in [5.41, 5.74) is 0. The molecule has 0 radical (unpaired) electrons. The Hall–Kier alpha value is 0.903. The molecule has 0 bridgehead atoms. The molecule has 0 aliphatic carbocycles. The monoisotopic (exact) mass is 238 g/mol. The third-order valence-corrected chi connectivity index (χ3v) is 0.235. The van der Waals surface area contributed by atoms with E-state index in [9.17, 15) is 4.79 Å². The molecule has 0 spiro atoms. The molecule has 0 heterocycles. The number of ether oxygens (including phenoxy) is 1. The van der Waals surface area contributed by atoms with Crippen LogP contribution in [-0.4, -0.2) is 20.0 Å². The second-order valence-electron chi connectivity index (χ2n) is 0.622. The topological polar surface area (TPSA) is 26.3 Å². The Balaban J connectivity index is 0. The standard InChI is InChI=1S/C3H6O2.Dy/c1-5-3-2-4;/h2H,3H2,1H3;. The van der Waals surface area contributed by atoms with Crippen molar-refractivity contribution >= 4 is 6.29 Å². The van der Waals surface area contributed by atoms with Gasteiger partial charge in [-0.3, -0.25) is 0 Å². The van der Waals surface area contributed by atoms with Crippen molar-refractivity contribution in [2.75, 3.05) is 13.7 Å². The summed E-state index contributed by atoms with van der Waals surface area (Å²) in [5.74, 6) is 0. The van der Waals surface area contributed by atoms with Crippen LogP contribution in [0.15, 0.2) is 0 Å². The average Bonchev–Trinajstić information content (AvgIpc) is 1.41. The Morgan fingerprint density at radius 3 is 2.33 bits per heavy atom. The van der Waals surface area contributed by atoms with E-state index < -0.39 is 0 Å². The van der Waals surface area contributed by atoms with Gasteiger partial charge in [-0.15, -0.1) is 0 Å². The van der Waals surface area contributed by atoms with E-state index >= 15 is 0 Å². The van der Waals surface area contributed by atoms with Crippen LogP contribution in [0.2, 0.25) is 0 Å². The zero-order chi connectivity index (χ0) is 4.12. The van der Waals surface area contributed by atoms with Gasteiger partial charge in [0, 0.05) is 45.3 Å². The zero-order valence-electron chi connectivity index (χ0n) is 3.42. The van der Waals surface area contributed by atoms with Crippen LogP contribution in [0.1, 0.15) is 0 Å². The molecule has 2 nitrogen and oxygen atoms in total. The molecule has 0 atom stereocenters. The number of aldehydes is 1. The molecule has 0 aromatic rings. The average molecular weight is 237 g/mol. The summed E-state index contributed by atoms with van der Waals surface area (Å²) in [6, 6.07) is 0. The maximum absolute atomic E-state index is 9.28. The van der Waals surface area contributed by atoms with Crippen molar-refractivity contribution in [1.82, 2.24) is 0 Å². The third kappa shape index (κ3) is 8.86. The van der Waals surface area contributed by atoms with E-state index in [2.05, 4.69) is 4.74 Å². The fourth-order valence-electron chi connectivity index (χ4n) is 0.0680. The minimum Gasteiger partial charge on any atom is -0.377 e. The van der Waals surface area contributed by atoms with Crippen LogP contribution in [-0.2, 0) is 9.53 Å². The van der Waals surface area contributed by atoms with E-state index in [4.69, 9.17) is 0 Å². The Morgan fingerprint density at radius 2 is 2.33 bits per heavy atom. The second kappa shape index (κ2) is 9.32. The zero-order valence-corrected chi connectivity index (χ0v) is 5.45. The summed E-state index contributed by atoms with van der Waals surface area (Å²) < 4.78 is 4.32. The van der Waals surface area contributed by atoms with Crippen molar-refractivity contribution in [1.29, 1.82) is 0 Å². The fraction of sp³-hybridized carbons (Fsp3) is 0.667. The van der Waals surface area contributed by atoms with Crippen LogP contribution < -0.4 is 0 Å². The number of carbonyl (C=O) groups is 1. The quantitative estimate of drug-likeness (QED) is 0.623. The SMILES string of the molecule is COCC=O.[Dy].